The highest BCUT2D eigenvalue weighted by Gasteiger charge is 2.16. The molecule has 1 rings (SSSR count). The Morgan fingerprint density at radius 3 is 2.71 bits per heavy atom. The zero-order chi connectivity index (χ0) is 15.8. The number of ether oxygens (including phenoxy) is 1. The molecular weight excluding hydrogens is 303 g/mol. The zero-order valence-electron chi connectivity index (χ0n) is 11.2. The largest absolute Gasteiger partial charge is 0.452 e. The second kappa shape index (κ2) is 8.21. The molecule has 0 bridgehead atoms. The van der Waals surface area contributed by atoms with Crippen LogP contribution in [0, 0.1) is 5.82 Å². The maximum Gasteiger partial charge on any atom is 0.341 e. The van der Waals surface area contributed by atoms with Gasteiger partial charge in [0.05, 0.1) is 5.56 Å². The minimum absolute atomic E-state index is 0.159. The topological polar surface area (TPSA) is 84.5 Å². The molecule has 8 heteroatoms. The van der Waals surface area contributed by atoms with Crippen molar-refractivity contribution in [3.63, 3.8) is 0 Å². The molecule has 0 atom stereocenters. The van der Waals surface area contributed by atoms with Crippen molar-refractivity contribution >= 4 is 29.5 Å². The average molecular weight is 317 g/mol. The number of hydrogen-bond acceptors (Lipinski definition) is 4. The monoisotopic (exact) mass is 316 g/mol. The molecule has 0 heterocycles. The van der Waals surface area contributed by atoms with Crippen molar-refractivity contribution in [2.24, 2.45) is 0 Å². The molecule has 0 aromatic heterocycles. The van der Waals surface area contributed by atoms with Crippen molar-refractivity contribution in [2.75, 3.05) is 13.2 Å². The first-order valence-corrected chi connectivity index (χ1v) is 6.51. The molecule has 0 saturated heterocycles. The standard InChI is InChI=1S/C13H14ClFN2O4/c1-2-5-16-13(20)17-11(18)7-21-12(19)9-6-8(14)3-4-10(9)15/h3-4,6H,2,5,7H2,1H3,(H2,16,17,18,20). The van der Waals surface area contributed by atoms with Crippen LogP contribution < -0.4 is 10.6 Å². The van der Waals surface area contributed by atoms with Crippen LogP contribution in [0.1, 0.15) is 23.7 Å². The summed E-state index contributed by atoms with van der Waals surface area (Å²) in [6.07, 6.45) is 0.713. The molecule has 1 aromatic rings. The fourth-order valence-corrected chi connectivity index (χ4v) is 1.48. The first kappa shape index (κ1) is 16.9. The fraction of sp³-hybridized carbons (Fsp3) is 0.308. The van der Waals surface area contributed by atoms with Crippen LogP contribution in [0.4, 0.5) is 9.18 Å². The summed E-state index contributed by atoms with van der Waals surface area (Å²) in [5.41, 5.74) is -0.384. The molecule has 0 saturated carbocycles. The normalized spacial score (nSPS) is 9.86. The van der Waals surface area contributed by atoms with Gasteiger partial charge in [0.15, 0.2) is 6.61 Å². The van der Waals surface area contributed by atoms with Gasteiger partial charge in [-0.25, -0.2) is 14.0 Å². The smallest absolute Gasteiger partial charge is 0.341 e. The Morgan fingerprint density at radius 2 is 2.05 bits per heavy atom. The molecule has 0 radical (unpaired) electrons. The molecule has 114 valence electrons. The third-order valence-corrected chi connectivity index (χ3v) is 2.51. The van der Waals surface area contributed by atoms with Gasteiger partial charge in [0.25, 0.3) is 5.91 Å². The SMILES string of the molecule is CCCNC(=O)NC(=O)COC(=O)c1cc(Cl)ccc1F. The van der Waals surface area contributed by atoms with Crippen LogP contribution in [0.2, 0.25) is 5.02 Å². The number of benzene rings is 1. The Bertz CT molecular complexity index is 551. The van der Waals surface area contributed by atoms with Gasteiger partial charge < -0.3 is 10.1 Å². The van der Waals surface area contributed by atoms with E-state index in [4.69, 9.17) is 11.6 Å². The molecular formula is C13H14ClFN2O4. The lowest BCUT2D eigenvalue weighted by molar-refractivity contribution is -0.123. The van der Waals surface area contributed by atoms with Crippen molar-refractivity contribution in [2.45, 2.75) is 13.3 Å². The predicted octanol–water partition coefficient (Wildman–Crippen LogP) is 1.87. The number of carbonyl (C=O) groups is 3. The number of amides is 3. The molecule has 0 aliphatic carbocycles. The van der Waals surface area contributed by atoms with Crippen LogP contribution in [0.3, 0.4) is 0 Å². The Hall–Kier alpha value is -2.15. The number of hydrogen-bond donors (Lipinski definition) is 2. The van der Waals surface area contributed by atoms with Crippen molar-refractivity contribution in [3.05, 3.63) is 34.6 Å². The van der Waals surface area contributed by atoms with E-state index < -0.39 is 30.3 Å². The molecule has 0 unspecified atom stereocenters. The van der Waals surface area contributed by atoms with Crippen LogP contribution in [0.25, 0.3) is 0 Å². The van der Waals surface area contributed by atoms with E-state index in [2.05, 4.69) is 10.1 Å². The van der Waals surface area contributed by atoms with Gasteiger partial charge in [0.1, 0.15) is 5.82 Å². The van der Waals surface area contributed by atoms with E-state index in [1.165, 1.54) is 6.07 Å². The van der Waals surface area contributed by atoms with E-state index in [0.717, 1.165) is 12.1 Å². The second-order valence-corrected chi connectivity index (χ2v) is 4.44. The Balaban J connectivity index is 2.47. The van der Waals surface area contributed by atoms with Crippen molar-refractivity contribution in [1.82, 2.24) is 10.6 Å². The Labute approximate surface area is 125 Å². The number of imide groups is 1. The summed E-state index contributed by atoms with van der Waals surface area (Å²) in [6, 6.07) is 2.69. The minimum atomic E-state index is -1.04. The number of urea groups is 1. The lowest BCUT2D eigenvalue weighted by Crippen LogP contribution is -2.41. The highest BCUT2D eigenvalue weighted by molar-refractivity contribution is 6.30. The minimum Gasteiger partial charge on any atom is -0.452 e. The summed E-state index contributed by atoms with van der Waals surface area (Å²) in [7, 11) is 0. The van der Waals surface area contributed by atoms with Gasteiger partial charge >= 0.3 is 12.0 Å². The molecule has 21 heavy (non-hydrogen) atoms. The van der Waals surface area contributed by atoms with Crippen LogP contribution in [0.15, 0.2) is 18.2 Å². The van der Waals surface area contributed by atoms with Gasteiger partial charge in [-0.1, -0.05) is 18.5 Å². The second-order valence-electron chi connectivity index (χ2n) is 4.00. The molecule has 6 nitrogen and oxygen atoms in total. The van der Waals surface area contributed by atoms with Crippen molar-refractivity contribution < 1.29 is 23.5 Å². The maximum absolute atomic E-state index is 13.4. The van der Waals surface area contributed by atoms with Crippen LogP contribution >= 0.6 is 11.6 Å². The zero-order valence-corrected chi connectivity index (χ0v) is 12.0. The first-order chi connectivity index (χ1) is 9.93. The van der Waals surface area contributed by atoms with E-state index in [1.54, 1.807) is 0 Å². The highest BCUT2D eigenvalue weighted by atomic mass is 35.5. The number of nitrogens with one attached hydrogen (secondary N) is 2. The molecule has 0 aliphatic rings. The fourth-order valence-electron chi connectivity index (χ4n) is 1.31. The van der Waals surface area contributed by atoms with Crippen molar-refractivity contribution in [1.29, 1.82) is 0 Å². The quantitative estimate of drug-likeness (QED) is 0.812. The number of halogens is 2. The molecule has 0 fully saturated rings. The van der Waals surface area contributed by atoms with Gasteiger partial charge in [0, 0.05) is 11.6 Å². The van der Waals surface area contributed by atoms with Crippen molar-refractivity contribution in [3.8, 4) is 0 Å². The third-order valence-electron chi connectivity index (χ3n) is 2.27. The molecule has 2 N–H and O–H groups in total. The van der Waals surface area contributed by atoms with E-state index in [-0.39, 0.29) is 10.6 Å². The number of carbonyl (C=O) groups excluding carboxylic acids is 3. The highest BCUT2D eigenvalue weighted by Crippen LogP contribution is 2.15. The summed E-state index contributed by atoms with van der Waals surface area (Å²) in [6.45, 7) is 1.56. The number of esters is 1. The summed E-state index contributed by atoms with van der Waals surface area (Å²) in [5.74, 6) is -2.68. The maximum atomic E-state index is 13.4. The molecule has 3 amide bonds. The van der Waals surface area contributed by atoms with Gasteiger partial charge in [-0.3, -0.25) is 10.1 Å². The van der Waals surface area contributed by atoms with E-state index in [1.807, 2.05) is 12.2 Å². The van der Waals surface area contributed by atoms with E-state index >= 15 is 0 Å². The Kier molecular flexibility index (Phi) is 6.61. The lowest BCUT2D eigenvalue weighted by Gasteiger charge is -2.07. The van der Waals surface area contributed by atoms with Gasteiger partial charge in [0.2, 0.25) is 0 Å². The van der Waals surface area contributed by atoms with Crippen LogP contribution in [0.5, 0.6) is 0 Å². The van der Waals surface area contributed by atoms with Gasteiger partial charge in [-0.2, -0.15) is 0 Å². The average Bonchev–Trinajstić information content (AvgIpc) is 2.45. The van der Waals surface area contributed by atoms with Gasteiger partial charge in [-0.15, -0.1) is 0 Å². The first-order valence-electron chi connectivity index (χ1n) is 6.14. The van der Waals surface area contributed by atoms with Gasteiger partial charge in [-0.05, 0) is 24.6 Å². The summed E-state index contributed by atoms with van der Waals surface area (Å²) < 4.78 is 18.0. The lowest BCUT2D eigenvalue weighted by atomic mass is 10.2. The predicted molar refractivity (Wildman–Crippen MR) is 73.5 cm³/mol. The molecule has 0 spiro atoms. The van der Waals surface area contributed by atoms with E-state index in [9.17, 15) is 18.8 Å². The summed E-state index contributed by atoms with van der Waals surface area (Å²) in [4.78, 5) is 34.1. The van der Waals surface area contributed by atoms with Crippen LogP contribution in [-0.2, 0) is 9.53 Å². The third kappa shape index (κ3) is 5.78. The van der Waals surface area contributed by atoms with E-state index in [0.29, 0.717) is 13.0 Å². The van der Waals surface area contributed by atoms with Crippen LogP contribution in [-0.4, -0.2) is 31.1 Å². The summed E-state index contributed by atoms with van der Waals surface area (Å²) in [5, 5.41) is 4.53. The Morgan fingerprint density at radius 1 is 1.33 bits per heavy atom. The number of rotatable bonds is 5. The summed E-state index contributed by atoms with van der Waals surface area (Å²) >= 11 is 5.63. The molecule has 1 aromatic carbocycles. The molecule has 0 aliphatic heterocycles.